The van der Waals surface area contributed by atoms with Gasteiger partial charge in [0.25, 0.3) is 0 Å². The molecule has 1 amide bonds. The summed E-state index contributed by atoms with van der Waals surface area (Å²) in [6.45, 7) is 4.28. The summed E-state index contributed by atoms with van der Waals surface area (Å²) in [5.41, 5.74) is 6.70. The third-order valence-electron chi connectivity index (χ3n) is 2.67. The molecule has 0 aromatic heterocycles. The maximum atomic E-state index is 11.7. The highest BCUT2D eigenvalue weighted by Gasteiger charge is 2.16. The van der Waals surface area contributed by atoms with Gasteiger partial charge in [-0.15, -0.1) is 0 Å². The second-order valence-corrected chi connectivity index (χ2v) is 4.30. The number of para-hydroxylation sites is 1. The number of hydrogen-bond donors (Lipinski definition) is 2. The van der Waals surface area contributed by atoms with E-state index >= 15 is 0 Å². The van der Waals surface area contributed by atoms with Crippen LogP contribution in [0.1, 0.15) is 19.4 Å². The summed E-state index contributed by atoms with van der Waals surface area (Å²) >= 11 is 0. The van der Waals surface area contributed by atoms with Crippen molar-refractivity contribution in [1.29, 1.82) is 0 Å². The number of nitrogens with one attached hydrogen (secondary N) is 1. The molecule has 0 bridgehead atoms. The Bertz CT molecular complexity index is 377. The van der Waals surface area contributed by atoms with Crippen molar-refractivity contribution in [3.05, 3.63) is 29.8 Å². The minimum atomic E-state index is -0.468. The molecule has 0 saturated carbocycles. The lowest BCUT2D eigenvalue weighted by atomic mass is 10.0. The zero-order valence-electron chi connectivity index (χ0n) is 10.6. The Morgan fingerprint density at radius 3 is 2.65 bits per heavy atom. The van der Waals surface area contributed by atoms with E-state index in [0.29, 0.717) is 6.54 Å². The van der Waals surface area contributed by atoms with Crippen molar-refractivity contribution in [2.75, 3.05) is 7.11 Å². The van der Waals surface area contributed by atoms with Gasteiger partial charge in [0.2, 0.25) is 5.91 Å². The average molecular weight is 236 g/mol. The highest BCUT2D eigenvalue weighted by atomic mass is 16.5. The molecule has 1 aromatic carbocycles. The zero-order chi connectivity index (χ0) is 12.8. The summed E-state index contributed by atoms with van der Waals surface area (Å²) in [5, 5.41) is 2.81. The zero-order valence-corrected chi connectivity index (χ0v) is 10.6. The van der Waals surface area contributed by atoms with Crippen LogP contribution in [0.5, 0.6) is 5.75 Å². The van der Waals surface area contributed by atoms with Crippen LogP contribution in [0.25, 0.3) is 0 Å². The molecule has 0 aliphatic heterocycles. The molecule has 0 saturated heterocycles. The van der Waals surface area contributed by atoms with E-state index in [2.05, 4.69) is 5.32 Å². The molecular formula is C13H20N2O2. The Morgan fingerprint density at radius 2 is 2.06 bits per heavy atom. The summed E-state index contributed by atoms with van der Waals surface area (Å²) in [4.78, 5) is 11.7. The Labute approximate surface area is 102 Å². The molecule has 0 radical (unpaired) electrons. The number of carbonyl (C=O) groups is 1. The number of amides is 1. The first kappa shape index (κ1) is 13.5. The van der Waals surface area contributed by atoms with E-state index in [4.69, 9.17) is 10.5 Å². The molecule has 0 aliphatic rings. The molecule has 0 fully saturated rings. The fraction of sp³-hybridized carbons (Fsp3) is 0.462. The highest BCUT2D eigenvalue weighted by Crippen LogP contribution is 2.16. The van der Waals surface area contributed by atoms with Crippen LogP contribution in [-0.4, -0.2) is 19.1 Å². The third kappa shape index (κ3) is 3.75. The van der Waals surface area contributed by atoms with Crippen LogP contribution in [0.2, 0.25) is 0 Å². The first-order chi connectivity index (χ1) is 8.06. The summed E-state index contributed by atoms with van der Waals surface area (Å²) in [6, 6.07) is 7.12. The van der Waals surface area contributed by atoms with Crippen molar-refractivity contribution < 1.29 is 9.53 Å². The molecular weight excluding hydrogens is 216 g/mol. The van der Waals surface area contributed by atoms with Crippen molar-refractivity contribution in [3.8, 4) is 5.75 Å². The fourth-order valence-corrected chi connectivity index (χ4v) is 1.45. The molecule has 3 N–H and O–H groups in total. The summed E-state index contributed by atoms with van der Waals surface area (Å²) < 4.78 is 5.20. The van der Waals surface area contributed by atoms with Crippen molar-refractivity contribution in [1.82, 2.24) is 5.32 Å². The van der Waals surface area contributed by atoms with Gasteiger partial charge in [-0.2, -0.15) is 0 Å². The predicted molar refractivity (Wildman–Crippen MR) is 67.7 cm³/mol. The van der Waals surface area contributed by atoms with E-state index in [0.717, 1.165) is 11.3 Å². The Hall–Kier alpha value is -1.55. The van der Waals surface area contributed by atoms with Gasteiger partial charge < -0.3 is 15.8 Å². The average Bonchev–Trinajstić information content (AvgIpc) is 2.35. The summed E-state index contributed by atoms with van der Waals surface area (Å²) in [6.07, 6.45) is 0. The van der Waals surface area contributed by atoms with E-state index < -0.39 is 6.04 Å². The van der Waals surface area contributed by atoms with Crippen molar-refractivity contribution in [2.24, 2.45) is 11.7 Å². The van der Waals surface area contributed by atoms with Crippen molar-refractivity contribution in [2.45, 2.75) is 26.4 Å². The minimum absolute atomic E-state index is 0.132. The number of methoxy groups -OCH3 is 1. The van der Waals surface area contributed by atoms with Gasteiger partial charge in [-0.25, -0.2) is 0 Å². The number of ether oxygens (including phenoxy) is 1. The smallest absolute Gasteiger partial charge is 0.237 e. The molecule has 1 unspecified atom stereocenters. The van der Waals surface area contributed by atoms with E-state index in [-0.39, 0.29) is 11.8 Å². The Kier molecular flexibility index (Phi) is 4.97. The van der Waals surface area contributed by atoms with E-state index in [9.17, 15) is 4.79 Å². The lowest BCUT2D eigenvalue weighted by molar-refractivity contribution is -0.123. The third-order valence-corrected chi connectivity index (χ3v) is 2.67. The molecule has 1 atom stereocenters. The molecule has 1 aromatic rings. The molecule has 0 heterocycles. The number of nitrogens with two attached hydrogens (primary N) is 1. The molecule has 0 aliphatic carbocycles. The number of benzene rings is 1. The number of rotatable bonds is 5. The summed E-state index contributed by atoms with van der Waals surface area (Å²) in [7, 11) is 1.61. The largest absolute Gasteiger partial charge is 0.496 e. The highest BCUT2D eigenvalue weighted by molar-refractivity contribution is 5.81. The number of carbonyl (C=O) groups excluding carboxylic acids is 1. The summed E-state index contributed by atoms with van der Waals surface area (Å²) in [5.74, 6) is 0.768. The Balaban J connectivity index is 2.58. The predicted octanol–water partition coefficient (Wildman–Crippen LogP) is 1.29. The number of hydrogen-bond acceptors (Lipinski definition) is 3. The SMILES string of the molecule is COc1ccccc1CNC(=O)C(N)C(C)C. The van der Waals surface area contributed by atoms with Gasteiger partial charge in [-0.1, -0.05) is 32.0 Å². The lowest BCUT2D eigenvalue weighted by Gasteiger charge is -2.16. The first-order valence-corrected chi connectivity index (χ1v) is 5.71. The topological polar surface area (TPSA) is 64.3 Å². The molecule has 4 heteroatoms. The van der Waals surface area contributed by atoms with Gasteiger partial charge in [0.15, 0.2) is 0 Å². The van der Waals surface area contributed by atoms with Gasteiger partial charge in [0.1, 0.15) is 5.75 Å². The normalized spacial score (nSPS) is 12.3. The standard InChI is InChI=1S/C13H20N2O2/c1-9(2)12(14)13(16)15-8-10-6-4-5-7-11(10)17-3/h4-7,9,12H,8,14H2,1-3H3,(H,15,16). The van der Waals surface area contributed by atoms with Gasteiger partial charge in [-0.05, 0) is 12.0 Å². The van der Waals surface area contributed by atoms with Crippen LogP contribution in [0, 0.1) is 5.92 Å². The van der Waals surface area contributed by atoms with E-state index in [1.165, 1.54) is 0 Å². The van der Waals surface area contributed by atoms with Crippen LogP contribution in [0.4, 0.5) is 0 Å². The van der Waals surface area contributed by atoms with E-state index in [1.54, 1.807) is 7.11 Å². The maximum absolute atomic E-state index is 11.7. The Morgan fingerprint density at radius 1 is 1.41 bits per heavy atom. The van der Waals surface area contributed by atoms with Crippen LogP contribution >= 0.6 is 0 Å². The quantitative estimate of drug-likeness (QED) is 0.809. The van der Waals surface area contributed by atoms with E-state index in [1.807, 2.05) is 38.1 Å². The molecule has 4 nitrogen and oxygen atoms in total. The van der Waals surface area contributed by atoms with Crippen LogP contribution in [0.3, 0.4) is 0 Å². The van der Waals surface area contributed by atoms with Crippen LogP contribution in [-0.2, 0) is 11.3 Å². The minimum Gasteiger partial charge on any atom is -0.496 e. The molecule has 1 rings (SSSR count). The second kappa shape index (κ2) is 6.25. The lowest BCUT2D eigenvalue weighted by Crippen LogP contribution is -2.43. The second-order valence-electron chi connectivity index (χ2n) is 4.30. The van der Waals surface area contributed by atoms with Crippen LogP contribution in [0.15, 0.2) is 24.3 Å². The molecule has 0 spiro atoms. The van der Waals surface area contributed by atoms with Crippen LogP contribution < -0.4 is 15.8 Å². The monoisotopic (exact) mass is 236 g/mol. The van der Waals surface area contributed by atoms with Crippen molar-refractivity contribution >= 4 is 5.91 Å². The van der Waals surface area contributed by atoms with Gasteiger partial charge in [-0.3, -0.25) is 4.79 Å². The van der Waals surface area contributed by atoms with Crippen molar-refractivity contribution in [3.63, 3.8) is 0 Å². The first-order valence-electron chi connectivity index (χ1n) is 5.71. The van der Waals surface area contributed by atoms with Gasteiger partial charge in [0, 0.05) is 12.1 Å². The molecule has 94 valence electrons. The van der Waals surface area contributed by atoms with Gasteiger partial charge in [0.05, 0.1) is 13.2 Å². The molecule has 17 heavy (non-hydrogen) atoms. The fourth-order valence-electron chi connectivity index (χ4n) is 1.45. The van der Waals surface area contributed by atoms with Gasteiger partial charge >= 0.3 is 0 Å². The maximum Gasteiger partial charge on any atom is 0.237 e.